The second-order valence-corrected chi connectivity index (χ2v) is 7.01. The van der Waals surface area contributed by atoms with Crippen molar-refractivity contribution in [1.82, 2.24) is 0 Å². The molecule has 2 heterocycles. The first kappa shape index (κ1) is 20.3. The maximum atomic E-state index is 12.7. The number of thiophene rings is 1. The number of aliphatic hydroxyl groups is 1. The fraction of sp³-hybridized carbons (Fsp3) is 0.350. The highest BCUT2D eigenvalue weighted by atomic mass is 32.1. The van der Waals surface area contributed by atoms with E-state index >= 15 is 0 Å². The molecule has 0 spiro atoms. The average molecular weight is 404 g/mol. The van der Waals surface area contributed by atoms with Crippen LogP contribution in [0.25, 0.3) is 0 Å². The molecule has 1 aliphatic heterocycles. The molecule has 0 unspecified atom stereocenters. The predicted molar refractivity (Wildman–Crippen MR) is 108 cm³/mol. The number of aliphatic hydroxyl groups excluding tert-OH is 1. The van der Waals surface area contributed by atoms with E-state index < -0.39 is 6.29 Å². The summed E-state index contributed by atoms with van der Waals surface area (Å²) in [6, 6.07) is 9.09. The summed E-state index contributed by atoms with van der Waals surface area (Å²) in [6.45, 7) is 0.880. The van der Waals surface area contributed by atoms with Gasteiger partial charge in [-0.05, 0) is 40.6 Å². The Kier molecular flexibility index (Phi) is 7.44. The Balaban J connectivity index is 1.68. The third-order valence-corrected chi connectivity index (χ3v) is 4.93. The summed E-state index contributed by atoms with van der Waals surface area (Å²) in [5.41, 5.74) is 8.03. The van der Waals surface area contributed by atoms with Gasteiger partial charge in [-0.2, -0.15) is 11.3 Å². The van der Waals surface area contributed by atoms with Crippen LogP contribution in [0.5, 0.6) is 0 Å². The van der Waals surface area contributed by atoms with Gasteiger partial charge in [-0.3, -0.25) is 4.79 Å². The number of carbonyl (C=O) groups excluding carboxylic acids is 1. The summed E-state index contributed by atoms with van der Waals surface area (Å²) in [5, 5.41) is 15.6. The van der Waals surface area contributed by atoms with Crippen molar-refractivity contribution in [1.29, 1.82) is 0 Å². The normalized spacial score (nSPS) is 19.0. The minimum absolute atomic E-state index is 0.0113. The number of amides is 1. The Morgan fingerprint density at radius 2 is 2.14 bits per heavy atom. The van der Waals surface area contributed by atoms with Crippen molar-refractivity contribution in [3.8, 4) is 0 Å². The standard InChI is InChI=1S/C20H24N2O5S/c21-16-3-1-2-4-17(16)22-20(24)18-11-15(14-5-10-28-13-14)12-19(27-18)26-9-8-25-7-6-23/h1-5,10-11,13,15,19,23H,6-9,12,21H2,(H,22,24)/t15-,19+/m1/s1. The highest BCUT2D eigenvalue weighted by Gasteiger charge is 2.29. The minimum atomic E-state index is -0.568. The first-order chi connectivity index (χ1) is 13.7. The van der Waals surface area contributed by atoms with Crippen LogP contribution in [-0.4, -0.2) is 43.7 Å². The molecule has 0 bridgehead atoms. The Hall–Kier alpha value is -2.39. The molecule has 4 N–H and O–H groups in total. The van der Waals surface area contributed by atoms with Crippen LogP contribution in [0.3, 0.4) is 0 Å². The van der Waals surface area contributed by atoms with Crippen molar-refractivity contribution in [2.45, 2.75) is 18.6 Å². The Morgan fingerprint density at radius 3 is 2.89 bits per heavy atom. The monoisotopic (exact) mass is 404 g/mol. The quantitative estimate of drug-likeness (QED) is 0.439. The zero-order valence-electron chi connectivity index (χ0n) is 15.4. The van der Waals surface area contributed by atoms with Crippen LogP contribution in [0.4, 0.5) is 11.4 Å². The van der Waals surface area contributed by atoms with Gasteiger partial charge in [0.05, 0.1) is 37.8 Å². The second-order valence-electron chi connectivity index (χ2n) is 6.23. The number of carbonyl (C=O) groups is 1. The van der Waals surface area contributed by atoms with E-state index in [1.165, 1.54) is 0 Å². The summed E-state index contributed by atoms with van der Waals surface area (Å²) in [7, 11) is 0. The van der Waals surface area contributed by atoms with Crippen LogP contribution < -0.4 is 11.1 Å². The fourth-order valence-corrected chi connectivity index (χ4v) is 3.56. The summed E-state index contributed by atoms with van der Waals surface area (Å²) < 4.78 is 16.7. The van der Waals surface area contributed by atoms with Crippen LogP contribution in [-0.2, 0) is 19.0 Å². The fourth-order valence-electron chi connectivity index (χ4n) is 2.84. The largest absolute Gasteiger partial charge is 0.459 e. The highest BCUT2D eigenvalue weighted by molar-refractivity contribution is 7.08. The summed E-state index contributed by atoms with van der Waals surface area (Å²) >= 11 is 1.60. The van der Waals surface area contributed by atoms with Crippen LogP contribution in [0.15, 0.2) is 52.9 Å². The third-order valence-electron chi connectivity index (χ3n) is 4.23. The Bertz CT molecular complexity index is 794. The molecule has 1 aromatic carbocycles. The number of hydrogen-bond donors (Lipinski definition) is 3. The van der Waals surface area contributed by atoms with Crippen molar-refractivity contribution in [2.75, 3.05) is 37.5 Å². The van der Waals surface area contributed by atoms with E-state index in [-0.39, 0.29) is 30.8 Å². The number of nitrogens with two attached hydrogens (primary N) is 1. The molecule has 3 rings (SSSR count). The van der Waals surface area contributed by atoms with Gasteiger partial charge in [0.2, 0.25) is 6.29 Å². The molecule has 1 aliphatic rings. The lowest BCUT2D eigenvalue weighted by molar-refractivity contribution is -0.148. The second kappa shape index (κ2) is 10.2. The number of rotatable bonds is 9. The maximum absolute atomic E-state index is 12.7. The molecule has 0 fully saturated rings. The highest BCUT2D eigenvalue weighted by Crippen LogP contribution is 2.33. The lowest BCUT2D eigenvalue weighted by atomic mass is 9.95. The molecule has 2 aromatic rings. The van der Waals surface area contributed by atoms with Crippen LogP contribution >= 0.6 is 11.3 Å². The molecule has 0 radical (unpaired) electrons. The van der Waals surface area contributed by atoms with E-state index in [0.29, 0.717) is 31.0 Å². The molecule has 0 saturated heterocycles. The number of nitrogen functional groups attached to an aromatic ring is 1. The third kappa shape index (κ3) is 5.56. The number of nitrogens with one attached hydrogen (secondary N) is 1. The summed E-state index contributed by atoms with van der Waals surface area (Å²) in [5.74, 6) is -0.160. The molecule has 28 heavy (non-hydrogen) atoms. The van der Waals surface area contributed by atoms with Crippen molar-refractivity contribution >= 4 is 28.6 Å². The molecule has 7 nitrogen and oxygen atoms in total. The minimum Gasteiger partial charge on any atom is -0.459 e. The number of ether oxygens (including phenoxy) is 3. The van der Waals surface area contributed by atoms with E-state index in [1.54, 1.807) is 35.6 Å². The molecule has 8 heteroatoms. The topological polar surface area (TPSA) is 103 Å². The van der Waals surface area contributed by atoms with Gasteiger partial charge in [-0.25, -0.2) is 0 Å². The maximum Gasteiger partial charge on any atom is 0.290 e. The van der Waals surface area contributed by atoms with E-state index in [2.05, 4.69) is 10.7 Å². The van der Waals surface area contributed by atoms with Crippen LogP contribution in [0.1, 0.15) is 17.9 Å². The van der Waals surface area contributed by atoms with E-state index in [0.717, 1.165) is 5.56 Å². The predicted octanol–water partition coefficient (Wildman–Crippen LogP) is 2.71. The van der Waals surface area contributed by atoms with E-state index in [1.807, 2.05) is 17.5 Å². The first-order valence-corrected chi connectivity index (χ1v) is 9.98. The number of allylic oxidation sites excluding steroid dienone is 1. The molecule has 150 valence electrons. The van der Waals surface area contributed by atoms with Gasteiger partial charge in [-0.15, -0.1) is 0 Å². The van der Waals surface area contributed by atoms with Gasteiger partial charge < -0.3 is 30.4 Å². The van der Waals surface area contributed by atoms with Gasteiger partial charge >= 0.3 is 0 Å². The van der Waals surface area contributed by atoms with Crippen LogP contribution in [0.2, 0.25) is 0 Å². The van der Waals surface area contributed by atoms with Crippen molar-refractivity contribution in [2.24, 2.45) is 0 Å². The molecular weight excluding hydrogens is 380 g/mol. The molecule has 2 atom stereocenters. The Labute approximate surface area is 167 Å². The molecule has 1 amide bonds. The molecular formula is C20H24N2O5S. The molecule has 0 aliphatic carbocycles. The number of benzene rings is 1. The number of hydrogen-bond acceptors (Lipinski definition) is 7. The van der Waals surface area contributed by atoms with Gasteiger partial charge in [0.25, 0.3) is 5.91 Å². The van der Waals surface area contributed by atoms with Gasteiger partial charge in [0.1, 0.15) is 0 Å². The van der Waals surface area contributed by atoms with Crippen molar-refractivity contribution < 1.29 is 24.1 Å². The van der Waals surface area contributed by atoms with E-state index in [4.69, 9.17) is 25.1 Å². The Morgan fingerprint density at radius 1 is 1.29 bits per heavy atom. The van der Waals surface area contributed by atoms with Crippen LogP contribution in [0, 0.1) is 0 Å². The summed E-state index contributed by atoms with van der Waals surface area (Å²) in [6.07, 6.45) is 1.85. The SMILES string of the molecule is Nc1ccccc1NC(=O)C1=C[C@@H](c2ccsc2)C[C@@H](OCCOCCO)O1. The number of anilines is 2. The zero-order chi connectivity index (χ0) is 19.8. The van der Waals surface area contributed by atoms with Gasteiger partial charge in [0.15, 0.2) is 5.76 Å². The molecule has 0 saturated carbocycles. The smallest absolute Gasteiger partial charge is 0.290 e. The lowest BCUT2D eigenvalue weighted by Crippen LogP contribution is -2.30. The lowest BCUT2D eigenvalue weighted by Gasteiger charge is -2.29. The first-order valence-electron chi connectivity index (χ1n) is 9.04. The van der Waals surface area contributed by atoms with Gasteiger partial charge in [0, 0.05) is 12.3 Å². The van der Waals surface area contributed by atoms with Gasteiger partial charge in [-0.1, -0.05) is 12.1 Å². The molecule has 1 aromatic heterocycles. The van der Waals surface area contributed by atoms with Crippen molar-refractivity contribution in [3.05, 3.63) is 58.5 Å². The van der Waals surface area contributed by atoms with E-state index in [9.17, 15) is 4.79 Å². The average Bonchev–Trinajstić information content (AvgIpc) is 3.24. The number of para-hydroxylation sites is 2. The van der Waals surface area contributed by atoms with Crippen molar-refractivity contribution in [3.63, 3.8) is 0 Å². The zero-order valence-corrected chi connectivity index (χ0v) is 16.2. The summed E-state index contributed by atoms with van der Waals surface area (Å²) in [4.78, 5) is 12.7.